The van der Waals surface area contributed by atoms with Gasteiger partial charge in [-0.2, -0.15) is 0 Å². The standard InChI is InChI=1S/C9H20N2O3/c1-3-5-10-8(14)11-9(4-2,6-12)7-13/h12-13H,3-7H2,1-2H3,(H2,10,11,14). The van der Waals surface area contributed by atoms with Gasteiger partial charge in [0.15, 0.2) is 0 Å². The van der Waals surface area contributed by atoms with Crippen LogP contribution in [0, 0.1) is 0 Å². The maximum Gasteiger partial charge on any atom is 0.315 e. The van der Waals surface area contributed by atoms with Gasteiger partial charge in [0.2, 0.25) is 0 Å². The fourth-order valence-corrected chi connectivity index (χ4v) is 0.965. The van der Waals surface area contributed by atoms with E-state index in [2.05, 4.69) is 10.6 Å². The fraction of sp³-hybridized carbons (Fsp3) is 0.889. The van der Waals surface area contributed by atoms with E-state index in [0.717, 1.165) is 6.42 Å². The molecule has 0 bridgehead atoms. The molecule has 0 saturated carbocycles. The van der Waals surface area contributed by atoms with Crippen LogP contribution in [0.4, 0.5) is 4.79 Å². The molecule has 0 rings (SSSR count). The number of carbonyl (C=O) groups is 1. The Morgan fingerprint density at radius 2 is 1.86 bits per heavy atom. The molecule has 0 aromatic heterocycles. The lowest BCUT2D eigenvalue weighted by molar-refractivity contribution is 0.0935. The van der Waals surface area contributed by atoms with Crippen molar-refractivity contribution in [3.8, 4) is 0 Å². The summed E-state index contributed by atoms with van der Waals surface area (Å²) in [5.41, 5.74) is -0.905. The third-order valence-corrected chi connectivity index (χ3v) is 2.20. The van der Waals surface area contributed by atoms with E-state index >= 15 is 0 Å². The number of aliphatic hydroxyl groups excluding tert-OH is 2. The van der Waals surface area contributed by atoms with Gasteiger partial charge in [-0.3, -0.25) is 0 Å². The summed E-state index contributed by atoms with van der Waals surface area (Å²) in [6.45, 7) is 3.81. The van der Waals surface area contributed by atoms with Gasteiger partial charge < -0.3 is 20.8 Å². The van der Waals surface area contributed by atoms with Gasteiger partial charge in [0.25, 0.3) is 0 Å². The van der Waals surface area contributed by atoms with Crippen molar-refractivity contribution in [1.29, 1.82) is 0 Å². The monoisotopic (exact) mass is 204 g/mol. The van der Waals surface area contributed by atoms with E-state index < -0.39 is 5.54 Å². The van der Waals surface area contributed by atoms with Crippen LogP contribution in [0.5, 0.6) is 0 Å². The van der Waals surface area contributed by atoms with E-state index in [4.69, 9.17) is 10.2 Å². The van der Waals surface area contributed by atoms with Gasteiger partial charge >= 0.3 is 6.03 Å². The summed E-state index contributed by atoms with van der Waals surface area (Å²) in [7, 11) is 0. The summed E-state index contributed by atoms with van der Waals surface area (Å²) in [6.07, 6.45) is 1.34. The molecule has 84 valence electrons. The molecule has 4 N–H and O–H groups in total. The third-order valence-electron chi connectivity index (χ3n) is 2.20. The molecule has 5 heteroatoms. The van der Waals surface area contributed by atoms with Gasteiger partial charge in [0.1, 0.15) is 0 Å². The molecule has 0 aliphatic carbocycles. The minimum absolute atomic E-state index is 0.264. The smallest absolute Gasteiger partial charge is 0.315 e. The average Bonchev–Trinajstić information content (AvgIpc) is 2.23. The van der Waals surface area contributed by atoms with Crippen molar-refractivity contribution >= 4 is 6.03 Å². The summed E-state index contributed by atoms with van der Waals surface area (Å²) < 4.78 is 0. The first kappa shape index (κ1) is 13.2. The van der Waals surface area contributed by atoms with Crippen LogP contribution in [0.15, 0.2) is 0 Å². The van der Waals surface area contributed by atoms with Crippen LogP contribution >= 0.6 is 0 Å². The second-order valence-corrected chi connectivity index (χ2v) is 3.33. The Morgan fingerprint density at radius 3 is 2.21 bits per heavy atom. The summed E-state index contributed by atoms with van der Waals surface area (Å²) >= 11 is 0. The van der Waals surface area contributed by atoms with Crippen molar-refractivity contribution in [1.82, 2.24) is 10.6 Å². The van der Waals surface area contributed by atoms with Gasteiger partial charge in [-0.1, -0.05) is 13.8 Å². The number of carbonyl (C=O) groups excluding carboxylic acids is 1. The Bertz CT molecular complexity index is 161. The van der Waals surface area contributed by atoms with Crippen molar-refractivity contribution in [2.75, 3.05) is 19.8 Å². The highest BCUT2D eigenvalue weighted by atomic mass is 16.3. The van der Waals surface area contributed by atoms with E-state index in [9.17, 15) is 4.79 Å². The second kappa shape index (κ2) is 6.62. The molecular formula is C9H20N2O3. The largest absolute Gasteiger partial charge is 0.394 e. The highest BCUT2D eigenvalue weighted by molar-refractivity contribution is 5.74. The molecule has 2 amide bonds. The normalized spacial score (nSPS) is 11.1. The summed E-state index contributed by atoms with van der Waals surface area (Å²) in [5, 5.41) is 23.3. The SMILES string of the molecule is CCCNC(=O)NC(CC)(CO)CO. The van der Waals surface area contributed by atoms with Gasteiger partial charge in [0, 0.05) is 6.54 Å². The quantitative estimate of drug-likeness (QED) is 0.485. The minimum atomic E-state index is -0.905. The summed E-state index contributed by atoms with van der Waals surface area (Å²) in [6, 6.07) is -0.350. The molecular weight excluding hydrogens is 184 g/mol. The molecule has 0 radical (unpaired) electrons. The van der Waals surface area contributed by atoms with Gasteiger partial charge in [-0.25, -0.2) is 4.79 Å². The maximum absolute atomic E-state index is 11.2. The van der Waals surface area contributed by atoms with Crippen molar-refractivity contribution in [2.45, 2.75) is 32.2 Å². The van der Waals surface area contributed by atoms with E-state index in [-0.39, 0.29) is 19.2 Å². The first-order chi connectivity index (χ1) is 6.64. The Morgan fingerprint density at radius 1 is 1.29 bits per heavy atom. The molecule has 0 unspecified atom stereocenters. The lowest BCUT2D eigenvalue weighted by atomic mass is 9.99. The minimum Gasteiger partial charge on any atom is -0.394 e. The van der Waals surface area contributed by atoms with E-state index in [1.807, 2.05) is 6.92 Å². The van der Waals surface area contributed by atoms with E-state index in [0.29, 0.717) is 13.0 Å². The number of nitrogens with one attached hydrogen (secondary N) is 2. The highest BCUT2D eigenvalue weighted by Crippen LogP contribution is 2.07. The molecule has 0 atom stereocenters. The Hall–Kier alpha value is -0.810. The summed E-state index contributed by atoms with van der Waals surface area (Å²) in [5.74, 6) is 0. The predicted molar refractivity (Wildman–Crippen MR) is 54.0 cm³/mol. The van der Waals surface area contributed by atoms with Crippen molar-refractivity contribution in [3.05, 3.63) is 0 Å². The molecule has 5 nitrogen and oxygen atoms in total. The maximum atomic E-state index is 11.2. The number of aliphatic hydroxyl groups is 2. The fourth-order valence-electron chi connectivity index (χ4n) is 0.965. The zero-order valence-corrected chi connectivity index (χ0v) is 8.84. The van der Waals surface area contributed by atoms with Crippen molar-refractivity contribution < 1.29 is 15.0 Å². The van der Waals surface area contributed by atoms with Crippen LogP contribution in [0.1, 0.15) is 26.7 Å². The molecule has 0 spiro atoms. The Labute approximate surface area is 84.5 Å². The summed E-state index contributed by atoms with van der Waals surface area (Å²) in [4.78, 5) is 11.2. The molecule has 14 heavy (non-hydrogen) atoms. The number of amides is 2. The zero-order valence-electron chi connectivity index (χ0n) is 8.84. The lowest BCUT2D eigenvalue weighted by Gasteiger charge is -2.29. The molecule has 0 saturated heterocycles. The second-order valence-electron chi connectivity index (χ2n) is 3.33. The van der Waals surface area contributed by atoms with Crippen LogP contribution in [0.2, 0.25) is 0 Å². The van der Waals surface area contributed by atoms with Gasteiger partial charge in [-0.05, 0) is 12.8 Å². The lowest BCUT2D eigenvalue weighted by Crippen LogP contribution is -2.56. The third kappa shape index (κ3) is 3.93. The molecule has 0 heterocycles. The first-order valence-electron chi connectivity index (χ1n) is 4.92. The van der Waals surface area contributed by atoms with Crippen LogP contribution < -0.4 is 10.6 Å². The van der Waals surface area contributed by atoms with Crippen LogP contribution in [-0.4, -0.2) is 41.5 Å². The molecule has 0 aliphatic heterocycles. The molecule has 0 aliphatic rings. The average molecular weight is 204 g/mol. The zero-order chi connectivity index (χ0) is 11.0. The first-order valence-corrected chi connectivity index (χ1v) is 4.92. The molecule has 0 fully saturated rings. The molecule has 0 aromatic carbocycles. The number of urea groups is 1. The topological polar surface area (TPSA) is 81.6 Å². The van der Waals surface area contributed by atoms with Crippen molar-refractivity contribution in [2.24, 2.45) is 0 Å². The van der Waals surface area contributed by atoms with Gasteiger partial charge in [-0.15, -0.1) is 0 Å². The highest BCUT2D eigenvalue weighted by Gasteiger charge is 2.28. The van der Waals surface area contributed by atoms with Gasteiger partial charge in [0.05, 0.1) is 18.8 Å². The number of hydrogen-bond donors (Lipinski definition) is 4. The van der Waals surface area contributed by atoms with E-state index in [1.165, 1.54) is 0 Å². The Kier molecular flexibility index (Phi) is 6.23. The Balaban J connectivity index is 4.08. The molecule has 0 aromatic rings. The van der Waals surface area contributed by atoms with Crippen molar-refractivity contribution in [3.63, 3.8) is 0 Å². The number of rotatable bonds is 6. The van der Waals surface area contributed by atoms with Crippen LogP contribution in [-0.2, 0) is 0 Å². The van der Waals surface area contributed by atoms with E-state index in [1.54, 1.807) is 6.92 Å². The van der Waals surface area contributed by atoms with Crippen LogP contribution in [0.25, 0.3) is 0 Å². The number of hydrogen-bond acceptors (Lipinski definition) is 3. The predicted octanol–water partition coefficient (Wildman–Crippen LogP) is -0.171. The van der Waals surface area contributed by atoms with Crippen LogP contribution in [0.3, 0.4) is 0 Å².